The van der Waals surface area contributed by atoms with E-state index in [1.165, 1.54) is 0 Å². The molecule has 1 heterocycles. The smallest absolute Gasteiger partial charge is 0.228 e. The average molecular weight is 320 g/mol. The third-order valence-corrected chi connectivity index (χ3v) is 3.35. The van der Waals surface area contributed by atoms with Gasteiger partial charge in [-0.05, 0) is 39.2 Å². The van der Waals surface area contributed by atoms with Crippen molar-refractivity contribution in [3.63, 3.8) is 0 Å². The van der Waals surface area contributed by atoms with Crippen LogP contribution in [0.4, 0.5) is 5.69 Å². The number of aromatic nitrogens is 1. The van der Waals surface area contributed by atoms with Gasteiger partial charge in [0.2, 0.25) is 5.91 Å². The van der Waals surface area contributed by atoms with E-state index in [0.717, 1.165) is 11.1 Å². The Kier molecular flexibility index (Phi) is 4.65. The van der Waals surface area contributed by atoms with Gasteiger partial charge in [-0.1, -0.05) is 24.3 Å². The van der Waals surface area contributed by atoms with Crippen molar-refractivity contribution in [2.75, 3.05) is 5.32 Å². The van der Waals surface area contributed by atoms with Crippen LogP contribution in [0.1, 0.15) is 11.1 Å². The van der Waals surface area contributed by atoms with Gasteiger partial charge in [0.15, 0.2) is 0 Å². The fourth-order valence-electron chi connectivity index (χ4n) is 1.78. The Morgan fingerprint density at radius 3 is 2.63 bits per heavy atom. The summed E-state index contributed by atoms with van der Waals surface area (Å²) < 4.78 is 0.621. The topological polar surface area (TPSA) is 68.0 Å². The molecule has 0 unspecified atom stereocenters. The minimum atomic E-state index is -0.0883. The third kappa shape index (κ3) is 3.62. The van der Waals surface area contributed by atoms with Crippen molar-refractivity contribution in [1.29, 1.82) is 0 Å². The Hall–Kier alpha value is -1.72. The first-order valence-electron chi connectivity index (χ1n) is 5.88. The molecular weight excluding hydrogens is 306 g/mol. The Bertz CT molecular complexity index is 586. The van der Waals surface area contributed by atoms with Gasteiger partial charge in [0.1, 0.15) is 4.60 Å². The number of pyridine rings is 1. The highest BCUT2D eigenvalue weighted by molar-refractivity contribution is 9.10. The Balaban J connectivity index is 2.08. The van der Waals surface area contributed by atoms with Crippen LogP contribution in [0.2, 0.25) is 0 Å². The number of rotatable bonds is 4. The Morgan fingerprint density at radius 2 is 1.95 bits per heavy atom. The zero-order chi connectivity index (χ0) is 13.7. The second-order valence-electron chi connectivity index (χ2n) is 4.04. The lowest BCUT2D eigenvalue weighted by atomic mass is 10.0. The molecule has 2 aromatic rings. The summed E-state index contributed by atoms with van der Waals surface area (Å²) >= 11 is 3.29. The fraction of sp³-hybridized carbons (Fsp3) is 0.143. The molecule has 0 fully saturated rings. The Morgan fingerprint density at radius 1 is 1.21 bits per heavy atom. The molecule has 0 aliphatic carbocycles. The zero-order valence-electron chi connectivity index (χ0n) is 10.3. The molecule has 0 saturated heterocycles. The molecule has 0 atom stereocenters. The van der Waals surface area contributed by atoms with Crippen molar-refractivity contribution in [2.45, 2.75) is 13.0 Å². The van der Waals surface area contributed by atoms with E-state index in [0.29, 0.717) is 23.3 Å². The van der Waals surface area contributed by atoms with Crippen LogP contribution in [0.15, 0.2) is 47.2 Å². The largest absolute Gasteiger partial charge is 0.326 e. The average Bonchev–Trinajstić information content (AvgIpc) is 2.42. The lowest BCUT2D eigenvalue weighted by molar-refractivity contribution is -0.115. The zero-order valence-corrected chi connectivity index (χ0v) is 11.9. The molecule has 0 bridgehead atoms. The first kappa shape index (κ1) is 13.7. The molecule has 0 aliphatic rings. The predicted molar refractivity (Wildman–Crippen MR) is 78.6 cm³/mol. The second kappa shape index (κ2) is 6.45. The van der Waals surface area contributed by atoms with Crippen molar-refractivity contribution in [2.24, 2.45) is 5.73 Å². The molecule has 3 N–H and O–H groups in total. The van der Waals surface area contributed by atoms with Crippen molar-refractivity contribution in [3.05, 3.63) is 58.3 Å². The Labute approximate surface area is 120 Å². The summed E-state index contributed by atoms with van der Waals surface area (Å²) in [5.41, 5.74) is 8.25. The van der Waals surface area contributed by atoms with Crippen LogP contribution < -0.4 is 11.1 Å². The van der Waals surface area contributed by atoms with E-state index in [2.05, 4.69) is 26.2 Å². The van der Waals surface area contributed by atoms with Crippen LogP contribution in [-0.4, -0.2) is 10.9 Å². The van der Waals surface area contributed by atoms with Crippen LogP contribution in [0.3, 0.4) is 0 Å². The highest BCUT2D eigenvalue weighted by Gasteiger charge is 2.09. The molecule has 0 saturated carbocycles. The number of nitrogens with two attached hydrogens (primary N) is 1. The maximum atomic E-state index is 12.0. The normalized spacial score (nSPS) is 10.2. The van der Waals surface area contributed by atoms with E-state index in [1.54, 1.807) is 18.3 Å². The highest BCUT2D eigenvalue weighted by atomic mass is 79.9. The van der Waals surface area contributed by atoms with Gasteiger partial charge in [0.25, 0.3) is 0 Å². The maximum absolute atomic E-state index is 12.0. The number of halogens is 1. The van der Waals surface area contributed by atoms with E-state index in [4.69, 9.17) is 5.73 Å². The number of benzene rings is 1. The molecule has 0 radical (unpaired) electrons. The van der Waals surface area contributed by atoms with Gasteiger partial charge < -0.3 is 11.1 Å². The molecule has 4 nitrogen and oxygen atoms in total. The molecule has 19 heavy (non-hydrogen) atoms. The van der Waals surface area contributed by atoms with Crippen LogP contribution >= 0.6 is 15.9 Å². The van der Waals surface area contributed by atoms with Gasteiger partial charge in [0.05, 0.1) is 12.1 Å². The quantitative estimate of drug-likeness (QED) is 0.851. The fourth-order valence-corrected chi connectivity index (χ4v) is 2.13. The number of carbonyl (C=O) groups is 1. The van der Waals surface area contributed by atoms with E-state index in [-0.39, 0.29) is 5.91 Å². The number of amides is 1. The minimum Gasteiger partial charge on any atom is -0.326 e. The summed E-state index contributed by atoms with van der Waals surface area (Å²) in [5, 5.41) is 2.82. The van der Waals surface area contributed by atoms with Gasteiger partial charge in [0, 0.05) is 12.7 Å². The summed E-state index contributed by atoms with van der Waals surface area (Å²) in [6.45, 7) is 0.431. The van der Waals surface area contributed by atoms with Crippen LogP contribution in [0.25, 0.3) is 0 Å². The summed E-state index contributed by atoms with van der Waals surface area (Å²) in [5.74, 6) is -0.0883. The lowest BCUT2D eigenvalue weighted by Gasteiger charge is -2.09. The molecule has 1 aromatic carbocycles. The van der Waals surface area contributed by atoms with E-state index < -0.39 is 0 Å². The first-order chi connectivity index (χ1) is 9.20. The summed E-state index contributed by atoms with van der Waals surface area (Å²) in [6, 6.07) is 11.2. The van der Waals surface area contributed by atoms with Gasteiger partial charge in [-0.2, -0.15) is 0 Å². The third-order valence-electron chi connectivity index (χ3n) is 2.72. The van der Waals surface area contributed by atoms with Crippen LogP contribution in [0.5, 0.6) is 0 Å². The van der Waals surface area contributed by atoms with Crippen molar-refractivity contribution in [3.8, 4) is 0 Å². The molecular formula is C14H14BrN3O. The number of nitrogens with zero attached hydrogens (tertiary/aromatic N) is 1. The van der Waals surface area contributed by atoms with E-state index >= 15 is 0 Å². The number of nitrogens with one attached hydrogen (secondary N) is 1. The minimum absolute atomic E-state index is 0.0883. The standard InChI is InChI=1S/C14H14BrN3O/c15-14-12(6-3-7-17-14)18-13(19)8-10-4-1-2-5-11(10)9-16/h1-7H,8-9,16H2,(H,18,19). The monoisotopic (exact) mass is 319 g/mol. The van der Waals surface area contributed by atoms with E-state index in [9.17, 15) is 4.79 Å². The molecule has 0 spiro atoms. The number of hydrogen-bond acceptors (Lipinski definition) is 3. The molecule has 2 rings (SSSR count). The molecule has 5 heteroatoms. The SMILES string of the molecule is NCc1ccccc1CC(=O)Nc1cccnc1Br. The molecule has 0 aliphatic heterocycles. The molecule has 98 valence electrons. The van der Waals surface area contributed by atoms with Gasteiger partial charge in [-0.15, -0.1) is 0 Å². The molecule has 1 aromatic heterocycles. The highest BCUT2D eigenvalue weighted by Crippen LogP contribution is 2.18. The second-order valence-corrected chi connectivity index (χ2v) is 4.79. The van der Waals surface area contributed by atoms with Crippen LogP contribution in [-0.2, 0) is 17.8 Å². The van der Waals surface area contributed by atoms with E-state index in [1.807, 2.05) is 24.3 Å². The lowest BCUT2D eigenvalue weighted by Crippen LogP contribution is -2.16. The number of hydrogen-bond donors (Lipinski definition) is 2. The van der Waals surface area contributed by atoms with Crippen molar-refractivity contribution in [1.82, 2.24) is 4.98 Å². The molecule has 1 amide bonds. The van der Waals surface area contributed by atoms with Crippen molar-refractivity contribution < 1.29 is 4.79 Å². The number of anilines is 1. The predicted octanol–water partition coefficient (Wildman–Crippen LogP) is 2.48. The summed E-state index contributed by atoms with van der Waals surface area (Å²) in [6.07, 6.45) is 1.96. The summed E-state index contributed by atoms with van der Waals surface area (Å²) in [7, 11) is 0. The first-order valence-corrected chi connectivity index (χ1v) is 6.67. The van der Waals surface area contributed by atoms with Crippen molar-refractivity contribution >= 4 is 27.5 Å². The maximum Gasteiger partial charge on any atom is 0.228 e. The van der Waals surface area contributed by atoms with Crippen LogP contribution in [0, 0.1) is 0 Å². The van der Waals surface area contributed by atoms with Gasteiger partial charge >= 0.3 is 0 Å². The summed E-state index contributed by atoms with van der Waals surface area (Å²) in [4.78, 5) is 16.1. The van der Waals surface area contributed by atoms with Gasteiger partial charge in [-0.3, -0.25) is 4.79 Å². The number of carbonyl (C=O) groups excluding carboxylic acids is 1. The van der Waals surface area contributed by atoms with Gasteiger partial charge in [-0.25, -0.2) is 4.98 Å².